The quantitative estimate of drug-likeness (QED) is 0.917. The number of hydrogen-bond acceptors (Lipinski definition) is 4. The van der Waals surface area contributed by atoms with E-state index in [4.69, 9.17) is 0 Å². The first-order chi connectivity index (χ1) is 9.78. The predicted octanol–water partition coefficient (Wildman–Crippen LogP) is 1.53. The first kappa shape index (κ1) is 13.3. The van der Waals surface area contributed by atoms with Crippen molar-refractivity contribution in [3.8, 4) is 11.4 Å². The van der Waals surface area contributed by atoms with Gasteiger partial charge in [-0.1, -0.05) is 37.3 Å². The molecule has 0 saturated carbocycles. The predicted molar refractivity (Wildman–Crippen MR) is 77.0 cm³/mol. The largest absolute Gasteiger partial charge is 0.392 e. The second-order valence-corrected chi connectivity index (χ2v) is 5.25. The highest BCUT2D eigenvalue weighted by atomic mass is 16.3. The molecule has 0 bridgehead atoms. The zero-order chi connectivity index (χ0) is 13.9. The van der Waals surface area contributed by atoms with E-state index >= 15 is 0 Å². The lowest BCUT2D eigenvalue weighted by molar-refractivity contribution is 0.0936. The maximum atomic E-state index is 9.76. The van der Waals surface area contributed by atoms with Crippen molar-refractivity contribution in [1.29, 1.82) is 0 Å². The van der Waals surface area contributed by atoms with Gasteiger partial charge in [0.15, 0.2) is 5.82 Å². The number of benzene rings is 1. The van der Waals surface area contributed by atoms with Gasteiger partial charge < -0.3 is 9.67 Å². The van der Waals surface area contributed by atoms with Gasteiger partial charge in [-0.25, -0.2) is 0 Å². The monoisotopic (exact) mass is 272 g/mol. The molecule has 2 aromatic rings. The van der Waals surface area contributed by atoms with Crippen LogP contribution in [0.2, 0.25) is 0 Å². The molecule has 1 aliphatic heterocycles. The lowest BCUT2D eigenvalue weighted by Gasteiger charge is -2.29. The number of rotatable bonds is 4. The third kappa shape index (κ3) is 2.59. The van der Waals surface area contributed by atoms with Gasteiger partial charge in [0, 0.05) is 25.2 Å². The maximum absolute atomic E-state index is 9.76. The molecule has 0 saturated heterocycles. The molecule has 3 rings (SSSR count). The summed E-state index contributed by atoms with van der Waals surface area (Å²) in [6.07, 6.45) is 0.538. The summed E-state index contributed by atoms with van der Waals surface area (Å²) >= 11 is 0. The minimum Gasteiger partial charge on any atom is -0.392 e. The van der Waals surface area contributed by atoms with Crippen LogP contribution in [0.4, 0.5) is 0 Å². The molecule has 1 aliphatic rings. The van der Waals surface area contributed by atoms with Crippen molar-refractivity contribution in [2.75, 3.05) is 13.1 Å². The third-order valence-corrected chi connectivity index (χ3v) is 3.80. The molecule has 1 aromatic carbocycles. The number of aliphatic hydroxyl groups is 1. The Labute approximate surface area is 118 Å². The minimum absolute atomic E-state index is 0.252. The van der Waals surface area contributed by atoms with Gasteiger partial charge in [0.25, 0.3) is 0 Å². The number of aliphatic hydroxyl groups excluding tert-OH is 1. The van der Waals surface area contributed by atoms with Crippen LogP contribution in [0.5, 0.6) is 0 Å². The van der Waals surface area contributed by atoms with E-state index in [0.29, 0.717) is 6.54 Å². The van der Waals surface area contributed by atoms with Crippen molar-refractivity contribution in [3.05, 3.63) is 36.2 Å². The van der Waals surface area contributed by atoms with Gasteiger partial charge in [-0.2, -0.15) is 0 Å². The summed E-state index contributed by atoms with van der Waals surface area (Å²) in [7, 11) is 0. The smallest absolute Gasteiger partial charge is 0.164 e. The van der Waals surface area contributed by atoms with Crippen LogP contribution in [0.25, 0.3) is 11.4 Å². The van der Waals surface area contributed by atoms with Crippen molar-refractivity contribution in [2.24, 2.45) is 0 Å². The van der Waals surface area contributed by atoms with E-state index in [0.717, 1.165) is 43.3 Å². The van der Waals surface area contributed by atoms with E-state index in [1.165, 1.54) is 0 Å². The Morgan fingerprint density at radius 2 is 2.00 bits per heavy atom. The van der Waals surface area contributed by atoms with Crippen molar-refractivity contribution in [3.63, 3.8) is 0 Å². The molecule has 0 unspecified atom stereocenters. The summed E-state index contributed by atoms with van der Waals surface area (Å²) in [6.45, 7) is 5.29. The molecule has 20 heavy (non-hydrogen) atoms. The summed E-state index contributed by atoms with van der Waals surface area (Å²) in [5.74, 6) is 1.93. The number of fused-ring (bicyclic) bond motifs is 1. The molecule has 0 aliphatic carbocycles. The molecule has 5 heteroatoms. The summed E-state index contributed by atoms with van der Waals surface area (Å²) in [6, 6.07) is 10.2. The molecule has 106 valence electrons. The lowest BCUT2D eigenvalue weighted by Crippen LogP contribution is -2.38. The third-order valence-electron chi connectivity index (χ3n) is 3.80. The normalized spacial score (nSPS) is 16.9. The SMILES string of the molecule is CC[C@@H](O)CN1CCn2c(nnc2-c2ccccc2)C1. The zero-order valence-corrected chi connectivity index (χ0v) is 11.7. The number of nitrogens with zero attached hydrogens (tertiary/aromatic N) is 4. The van der Waals surface area contributed by atoms with Crippen LogP contribution in [-0.2, 0) is 13.1 Å². The molecule has 0 spiro atoms. The second-order valence-electron chi connectivity index (χ2n) is 5.25. The van der Waals surface area contributed by atoms with E-state index in [9.17, 15) is 5.11 Å². The highest BCUT2D eigenvalue weighted by Crippen LogP contribution is 2.21. The van der Waals surface area contributed by atoms with E-state index in [2.05, 4.69) is 31.8 Å². The van der Waals surface area contributed by atoms with Crippen LogP contribution in [0, 0.1) is 0 Å². The molecule has 0 fully saturated rings. The van der Waals surface area contributed by atoms with Crippen LogP contribution < -0.4 is 0 Å². The first-order valence-corrected chi connectivity index (χ1v) is 7.16. The second kappa shape index (κ2) is 5.73. The zero-order valence-electron chi connectivity index (χ0n) is 11.7. The highest BCUT2D eigenvalue weighted by molar-refractivity contribution is 5.55. The van der Waals surface area contributed by atoms with Gasteiger partial charge in [0.1, 0.15) is 5.82 Å². The average Bonchev–Trinajstić information content (AvgIpc) is 2.91. The Morgan fingerprint density at radius 1 is 1.20 bits per heavy atom. The summed E-state index contributed by atoms with van der Waals surface area (Å²) in [5.41, 5.74) is 1.10. The van der Waals surface area contributed by atoms with Gasteiger partial charge in [0.05, 0.1) is 12.6 Å². The Morgan fingerprint density at radius 3 is 2.75 bits per heavy atom. The Kier molecular flexibility index (Phi) is 3.80. The van der Waals surface area contributed by atoms with Crippen LogP contribution in [0.3, 0.4) is 0 Å². The van der Waals surface area contributed by atoms with Crippen LogP contribution in [0.15, 0.2) is 30.3 Å². The van der Waals surface area contributed by atoms with Crippen LogP contribution in [0.1, 0.15) is 19.2 Å². The molecular formula is C15H20N4O. The highest BCUT2D eigenvalue weighted by Gasteiger charge is 2.22. The molecular weight excluding hydrogens is 252 g/mol. The summed E-state index contributed by atoms with van der Waals surface area (Å²) in [4.78, 5) is 2.24. The summed E-state index contributed by atoms with van der Waals surface area (Å²) < 4.78 is 2.18. The Hall–Kier alpha value is -1.72. The molecule has 1 aromatic heterocycles. The maximum Gasteiger partial charge on any atom is 0.164 e. The molecule has 2 heterocycles. The number of hydrogen-bond donors (Lipinski definition) is 1. The Bertz CT molecular complexity index is 567. The first-order valence-electron chi connectivity index (χ1n) is 7.16. The average molecular weight is 272 g/mol. The van der Waals surface area contributed by atoms with E-state index in [1.54, 1.807) is 0 Å². The summed E-state index contributed by atoms with van der Waals surface area (Å²) in [5, 5.41) is 18.4. The van der Waals surface area contributed by atoms with Crippen molar-refractivity contribution in [2.45, 2.75) is 32.5 Å². The van der Waals surface area contributed by atoms with E-state index in [1.807, 2.05) is 25.1 Å². The molecule has 5 nitrogen and oxygen atoms in total. The number of β-amino-alcohol motifs (C(OH)–C–C–N with tert-alkyl or cyclic N) is 1. The Balaban J connectivity index is 1.79. The van der Waals surface area contributed by atoms with Crippen molar-refractivity contribution < 1.29 is 5.11 Å². The van der Waals surface area contributed by atoms with Crippen molar-refractivity contribution in [1.82, 2.24) is 19.7 Å². The van der Waals surface area contributed by atoms with Crippen molar-refractivity contribution >= 4 is 0 Å². The van der Waals surface area contributed by atoms with Gasteiger partial charge in [-0.15, -0.1) is 10.2 Å². The fourth-order valence-electron chi connectivity index (χ4n) is 2.59. The van der Waals surface area contributed by atoms with Crippen LogP contribution in [-0.4, -0.2) is 44.0 Å². The van der Waals surface area contributed by atoms with Gasteiger partial charge in [-0.05, 0) is 6.42 Å². The minimum atomic E-state index is -0.252. The van der Waals surface area contributed by atoms with E-state index < -0.39 is 0 Å². The van der Waals surface area contributed by atoms with Crippen LogP contribution >= 0.6 is 0 Å². The van der Waals surface area contributed by atoms with Gasteiger partial charge in [0.2, 0.25) is 0 Å². The van der Waals surface area contributed by atoms with Gasteiger partial charge in [-0.3, -0.25) is 4.90 Å². The fourth-order valence-corrected chi connectivity index (χ4v) is 2.59. The van der Waals surface area contributed by atoms with Gasteiger partial charge >= 0.3 is 0 Å². The lowest BCUT2D eigenvalue weighted by atomic mass is 10.2. The molecule has 1 N–H and O–H groups in total. The topological polar surface area (TPSA) is 54.2 Å². The standard InChI is InChI=1S/C15H20N4O/c1-2-13(20)10-18-8-9-19-14(11-18)16-17-15(19)12-6-4-3-5-7-12/h3-7,13,20H,2,8-11H2,1H3/t13-/m1/s1. The molecule has 0 radical (unpaired) electrons. The number of aromatic nitrogens is 3. The molecule has 0 amide bonds. The molecule has 1 atom stereocenters. The van der Waals surface area contributed by atoms with E-state index in [-0.39, 0.29) is 6.10 Å². The fraction of sp³-hybridized carbons (Fsp3) is 0.467.